The highest BCUT2D eigenvalue weighted by Gasteiger charge is 2.25. The van der Waals surface area contributed by atoms with Crippen LogP contribution >= 0.6 is 11.6 Å². The van der Waals surface area contributed by atoms with E-state index < -0.39 is 6.10 Å². The molecule has 3 rings (SSSR count). The predicted octanol–water partition coefficient (Wildman–Crippen LogP) is 2.95. The number of aliphatic hydroxyl groups excluding tert-OH is 1. The van der Waals surface area contributed by atoms with E-state index in [1.807, 2.05) is 18.2 Å². The molecule has 0 bridgehead atoms. The van der Waals surface area contributed by atoms with Crippen LogP contribution in [-0.4, -0.2) is 14.7 Å². The number of aliphatic hydroxyl groups is 1. The SMILES string of the molecule is OC1CCCn2c(Cc3ccccc3)nc(Cl)c21. The summed E-state index contributed by atoms with van der Waals surface area (Å²) >= 11 is 6.13. The molecule has 1 N–H and O–H groups in total. The summed E-state index contributed by atoms with van der Waals surface area (Å²) in [5.74, 6) is 0.944. The van der Waals surface area contributed by atoms with E-state index in [0.29, 0.717) is 5.15 Å². The third-order valence-corrected chi connectivity index (χ3v) is 3.70. The van der Waals surface area contributed by atoms with Crippen LogP contribution in [0.1, 0.15) is 36.0 Å². The van der Waals surface area contributed by atoms with Crippen molar-refractivity contribution in [3.8, 4) is 0 Å². The molecule has 1 aromatic carbocycles. The second-order valence-corrected chi connectivity index (χ2v) is 5.03. The second kappa shape index (κ2) is 4.75. The summed E-state index contributed by atoms with van der Waals surface area (Å²) in [6.45, 7) is 0.897. The fourth-order valence-corrected chi connectivity index (χ4v) is 2.87. The monoisotopic (exact) mass is 262 g/mol. The molecule has 0 aliphatic carbocycles. The van der Waals surface area contributed by atoms with Crippen LogP contribution in [0.2, 0.25) is 5.15 Å². The number of rotatable bonds is 2. The molecule has 0 spiro atoms. The quantitative estimate of drug-likeness (QED) is 0.904. The van der Waals surface area contributed by atoms with Crippen LogP contribution in [0.15, 0.2) is 30.3 Å². The lowest BCUT2D eigenvalue weighted by Gasteiger charge is -2.21. The van der Waals surface area contributed by atoms with Gasteiger partial charge < -0.3 is 9.67 Å². The van der Waals surface area contributed by atoms with Crippen molar-refractivity contribution in [2.45, 2.75) is 31.9 Å². The molecule has 18 heavy (non-hydrogen) atoms. The van der Waals surface area contributed by atoms with Crippen LogP contribution in [0.5, 0.6) is 0 Å². The molecule has 0 saturated carbocycles. The summed E-state index contributed by atoms with van der Waals surface area (Å²) in [5, 5.41) is 10.4. The van der Waals surface area contributed by atoms with Gasteiger partial charge in [0.25, 0.3) is 0 Å². The van der Waals surface area contributed by atoms with Crippen molar-refractivity contribution in [1.82, 2.24) is 9.55 Å². The van der Waals surface area contributed by atoms with Crippen molar-refractivity contribution in [2.75, 3.05) is 0 Å². The summed E-state index contributed by atoms with van der Waals surface area (Å²) in [5.41, 5.74) is 2.00. The maximum Gasteiger partial charge on any atom is 0.153 e. The standard InChI is InChI=1S/C14H15ClN2O/c15-14-13-11(18)7-4-8-17(13)12(16-14)9-10-5-2-1-3-6-10/h1-3,5-6,11,18H,4,7-9H2. The molecule has 0 fully saturated rings. The Morgan fingerprint density at radius 3 is 2.89 bits per heavy atom. The number of hydrogen-bond donors (Lipinski definition) is 1. The molecule has 2 heterocycles. The number of fused-ring (bicyclic) bond motifs is 1. The minimum absolute atomic E-state index is 0.452. The highest BCUT2D eigenvalue weighted by Crippen LogP contribution is 2.32. The second-order valence-electron chi connectivity index (χ2n) is 4.68. The van der Waals surface area contributed by atoms with Crippen molar-refractivity contribution in [3.05, 3.63) is 52.6 Å². The summed E-state index contributed by atoms with van der Waals surface area (Å²) in [4.78, 5) is 4.41. The number of benzene rings is 1. The van der Waals surface area contributed by atoms with Crippen molar-refractivity contribution >= 4 is 11.6 Å². The van der Waals surface area contributed by atoms with Crippen molar-refractivity contribution in [2.24, 2.45) is 0 Å². The Morgan fingerprint density at radius 1 is 1.33 bits per heavy atom. The van der Waals surface area contributed by atoms with Gasteiger partial charge in [0, 0.05) is 13.0 Å². The van der Waals surface area contributed by atoms with E-state index in [0.717, 1.165) is 37.3 Å². The summed E-state index contributed by atoms with van der Waals surface area (Å²) < 4.78 is 2.07. The van der Waals surface area contributed by atoms with Gasteiger partial charge >= 0.3 is 0 Å². The molecule has 1 aromatic heterocycles. The first kappa shape index (κ1) is 11.8. The van der Waals surface area contributed by atoms with Gasteiger partial charge in [0.15, 0.2) is 5.15 Å². The molecule has 0 saturated heterocycles. The van der Waals surface area contributed by atoms with Crippen LogP contribution in [0, 0.1) is 0 Å². The molecule has 1 aliphatic rings. The molecule has 2 aromatic rings. The highest BCUT2D eigenvalue weighted by molar-refractivity contribution is 6.30. The zero-order chi connectivity index (χ0) is 12.5. The fraction of sp³-hybridized carbons (Fsp3) is 0.357. The molecule has 4 heteroatoms. The average molecular weight is 263 g/mol. The smallest absolute Gasteiger partial charge is 0.153 e. The van der Waals surface area contributed by atoms with Gasteiger partial charge in [-0.05, 0) is 18.4 Å². The maximum atomic E-state index is 9.98. The van der Waals surface area contributed by atoms with Gasteiger partial charge in [-0.15, -0.1) is 0 Å². The Bertz CT molecular complexity index is 550. The molecule has 94 valence electrons. The summed E-state index contributed by atoms with van der Waals surface area (Å²) in [6.07, 6.45) is 2.04. The first-order chi connectivity index (χ1) is 8.75. The van der Waals surface area contributed by atoms with Gasteiger partial charge in [0.1, 0.15) is 5.82 Å². The van der Waals surface area contributed by atoms with Gasteiger partial charge in [-0.2, -0.15) is 0 Å². The number of aromatic nitrogens is 2. The maximum absolute atomic E-state index is 9.98. The topological polar surface area (TPSA) is 38.0 Å². The number of imidazole rings is 1. The van der Waals surface area contributed by atoms with E-state index in [2.05, 4.69) is 21.7 Å². The van der Waals surface area contributed by atoms with Gasteiger partial charge in [-0.1, -0.05) is 41.9 Å². The Balaban J connectivity index is 1.96. The minimum atomic E-state index is -0.469. The fourth-order valence-electron chi connectivity index (χ4n) is 2.54. The Hall–Kier alpha value is -1.32. The normalized spacial score (nSPS) is 18.7. The molecule has 1 atom stereocenters. The third kappa shape index (κ3) is 2.04. The molecule has 0 radical (unpaired) electrons. The van der Waals surface area contributed by atoms with E-state index in [9.17, 15) is 5.11 Å². The molecule has 3 nitrogen and oxygen atoms in total. The van der Waals surface area contributed by atoms with Crippen LogP contribution in [0.25, 0.3) is 0 Å². The van der Waals surface area contributed by atoms with Crippen LogP contribution < -0.4 is 0 Å². The molecule has 1 unspecified atom stereocenters. The van der Waals surface area contributed by atoms with Gasteiger partial charge in [0.05, 0.1) is 11.8 Å². The van der Waals surface area contributed by atoms with E-state index in [1.54, 1.807) is 0 Å². The lowest BCUT2D eigenvalue weighted by molar-refractivity contribution is 0.138. The van der Waals surface area contributed by atoms with Crippen LogP contribution in [-0.2, 0) is 13.0 Å². The zero-order valence-electron chi connectivity index (χ0n) is 10.0. The van der Waals surface area contributed by atoms with Gasteiger partial charge in [-0.3, -0.25) is 0 Å². The zero-order valence-corrected chi connectivity index (χ0v) is 10.8. The van der Waals surface area contributed by atoms with Crippen molar-refractivity contribution < 1.29 is 5.11 Å². The third-order valence-electron chi connectivity index (χ3n) is 3.42. The Morgan fingerprint density at radius 2 is 2.11 bits per heavy atom. The van der Waals surface area contributed by atoms with Crippen LogP contribution in [0.3, 0.4) is 0 Å². The van der Waals surface area contributed by atoms with Gasteiger partial charge in [-0.25, -0.2) is 4.98 Å². The lowest BCUT2D eigenvalue weighted by Crippen LogP contribution is -2.17. The highest BCUT2D eigenvalue weighted by atomic mass is 35.5. The number of nitrogens with zero attached hydrogens (tertiary/aromatic N) is 2. The van der Waals surface area contributed by atoms with Crippen molar-refractivity contribution in [3.63, 3.8) is 0 Å². The predicted molar refractivity (Wildman–Crippen MR) is 70.7 cm³/mol. The number of halogens is 1. The van der Waals surface area contributed by atoms with Crippen molar-refractivity contribution in [1.29, 1.82) is 0 Å². The van der Waals surface area contributed by atoms with Crippen LogP contribution in [0.4, 0.5) is 0 Å². The van der Waals surface area contributed by atoms with Gasteiger partial charge in [0.2, 0.25) is 0 Å². The molecule has 0 amide bonds. The summed E-state index contributed by atoms with van der Waals surface area (Å²) in [7, 11) is 0. The Labute approximate surface area is 111 Å². The first-order valence-corrected chi connectivity index (χ1v) is 6.60. The average Bonchev–Trinajstić information content (AvgIpc) is 2.69. The summed E-state index contributed by atoms with van der Waals surface area (Å²) in [6, 6.07) is 10.2. The lowest BCUT2D eigenvalue weighted by atomic mass is 10.1. The number of hydrogen-bond acceptors (Lipinski definition) is 2. The largest absolute Gasteiger partial charge is 0.387 e. The molecular weight excluding hydrogens is 248 g/mol. The Kier molecular flexibility index (Phi) is 3.10. The molecular formula is C14H15ClN2O. The molecule has 1 aliphatic heterocycles. The van der Waals surface area contributed by atoms with E-state index in [4.69, 9.17) is 11.6 Å². The van der Waals surface area contributed by atoms with E-state index in [-0.39, 0.29) is 0 Å². The minimum Gasteiger partial charge on any atom is -0.387 e. The van der Waals surface area contributed by atoms with E-state index in [1.165, 1.54) is 5.56 Å². The first-order valence-electron chi connectivity index (χ1n) is 6.22. The van der Waals surface area contributed by atoms with E-state index >= 15 is 0 Å².